The first-order valence-corrected chi connectivity index (χ1v) is 40.6. The summed E-state index contributed by atoms with van der Waals surface area (Å²) in [6, 6.07) is 127. The summed E-state index contributed by atoms with van der Waals surface area (Å²) >= 11 is 6.69. The molecule has 0 spiro atoms. The van der Waals surface area contributed by atoms with E-state index in [1.807, 2.05) is 196 Å². The van der Waals surface area contributed by atoms with Crippen LogP contribution in [0.25, 0.3) is 134 Å². The van der Waals surface area contributed by atoms with Gasteiger partial charge in [-0.15, -0.1) is 296 Å². The summed E-state index contributed by atoms with van der Waals surface area (Å²) in [5, 5.41) is 4.99. The van der Waals surface area contributed by atoms with Crippen LogP contribution >= 0.6 is 20.4 Å². The van der Waals surface area contributed by atoms with Gasteiger partial charge in [-0.25, -0.2) is 0 Å². The van der Waals surface area contributed by atoms with E-state index in [-0.39, 0.29) is 43.8 Å². The summed E-state index contributed by atoms with van der Waals surface area (Å²) in [4.78, 5) is 27.7. The monoisotopic (exact) mass is 1830 g/mol. The van der Waals surface area contributed by atoms with Gasteiger partial charge in [0.2, 0.25) is 0 Å². The van der Waals surface area contributed by atoms with Crippen molar-refractivity contribution in [3.8, 4) is 90.1 Å². The number of alkyl halides is 6. The minimum atomic E-state index is -4.36. The average molecular weight is 1830 g/mol. The molecule has 0 unspecified atom stereocenters. The van der Waals surface area contributed by atoms with Gasteiger partial charge in [0.1, 0.15) is 0 Å². The smallest absolute Gasteiger partial charge is 0.657 e. The van der Waals surface area contributed by atoms with Gasteiger partial charge in [-0.2, -0.15) is 26.3 Å². The number of aryl methyl sites for hydroxylation is 2. The van der Waals surface area contributed by atoms with Crippen molar-refractivity contribution in [1.82, 2.24) is 29.9 Å². The van der Waals surface area contributed by atoms with Gasteiger partial charge in [0.25, 0.3) is 0 Å². The minimum absolute atomic E-state index is 0. The predicted molar refractivity (Wildman–Crippen MR) is 469 cm³/mol. The number of benzene rings is 12. The van der Waals surface area contributed by atoms with Gasteiger partial charge in [0.05, 0.1) is 0 Å². The summed E-state index contributed by atoms with van der Waals surface area (Å²) in [5.74, 6) is 0. The van der Waals surface area contributed by atoms with Crippen molar-refractivity contribution in [1.29, 1.82) is 0 Å². The molecule has 0 fully saturated rings. The van der Waals surface area contributed by atoms with Crippen molar-refractivity contribution < 1.29 is 88.5 Å². The Bertz CT molecular complexity index is 5670. The molecule has 0 saturated carbocycles. The molecule has 6 nitrogen and oxygen atoms in total. The molecule has 12 aromatic carbocycles. The van der Waals surface area contributed by atoms with E-state index in [0.717, 1.165) is 125 Å². The number of hydrogen-bond donors (Lipinski definition) is 0. The molecule has 0 amide bonds. The molecule has 18 heteroatoms. The summed E-state index contributed by atoms with van der Waals surface area (Å²) in [7, 11) is 8.53. The minimum Gasteiger partial charge on any atom is -0.657 e. The molecule has 6 aromatic heterocycles. The predicted octanol–water partition coefficient (Wildman–Crippen LogP) is 28.6. The summed E-state index contributed by atoms with van der Waals surface area (Å²) in [6.45, 7) is 17.3. The van der Waals surface area contributed by atoms with Crippen molar-refractivity contribution in [2.75, 3.05) is 0 Å². The maximum absolute atomic E-state index is 12.6. The first-order valence-electron chi connectivity index (χ1n) is 37.9. The van der Waals surface area contributed by atoms with Gasteiger partial charge in [-0.05, 0) is 89.1 Å². The molecule has 0 aliphatic rings. The van der Waals surface area contributed by atoms with Crippen LogP contribution < -0.4 is 9.97 Å². The van der Waals surface area contributed by atoms with E-state index in [4.69, 9.17) is 9.97 Å². The van der Waals surface area contributed by atoms with Crippen molar-refractivity contribution in [2.24, 2.45) is 0 Å². The van der Waals surface area contributed by atoms with Crippen molar-refractivity contribution in [2.45, 2.75) is 78.6 Å². The molecule has 6 heterocycles. The van der Waals surface area contributed by atoms with Crippen LogP contribution in [0.2, 0.25) is 0 Å². The molecule has 0 N–H and O–H groups in total. The molecule has 122 heavy (non-hydrogen) atoms. The molecular formula is C104H78Cl2F6N6Ni4-4. The van der Waals surface area contributed by atoms with Gasteiger partial charge in [-0.1, -0.05) is 224 Å². The third-order valence-corrected chi connectivity index (χ3v) is 18.8. The van der Waals surface area contributed by atoms with E-state index < -0.39 is 23.5 Å². The number of para-hydroxylation sites is 4. The number of fused-ring (bicyclic) bond motifs is 6. The van der Waals surface area contributed by atoms with E-state index in [1.54, 1.807) is 12.1 Å². The normalized spacial score (nSPS) is 10.9. The fraction of sp³-hybridized carbons (Fsp3) is 0.115. The average Bonchev–Trinajstić information content (AvgIpc) is 1.66. The van der Waals surface area contributed by atoms with E-state index in [0.29, 0.717) is 22.5 Å². The zero-order valence-electron chi connectivity index (χ0n) is 67.1. The Balaban J connectivity index is 0.000000166. The second-order valence-electron chi connectivity index (χ2n) is 29.5. The van der Waals surface area contributed by atoms with Crippen molar-refractivity contribution in [3.63, 3.8) is 0 Å². The fourth-order valence-corrected chi connectivity index (χ4v) is 12.5. The molecule has 18 aromatic rings. The van der Waals surface area contributed by atoms with Gasteiger partial charge in [0.15, 0.2) is 0 Å². The van der Waals surface area contributed by atoms with Gasteiger partial charge >= 0.3 is 94.9 Å². The SMILES string of the molecule is CC(C)(C)c1cc(-c2[c-]cccc2)nc(-c2[c-]cccc2)c1.CC(C)(C)c1cc(-c2[c-]cccc2)nc(-c2[c-]cccc2)c1.Cc1c[c-]c(-c2cccc(-c3[c-]cc(C(F)(F)F)cc3)n2)cc1.Cc1c[c-]c(-c2cccc(-c3[c-]cc(C(F)(F)F)cc3)n2)cc1.[Cl][Ni].[Cl][Ni].[Ni+3].[Ni+3].c1ccc2c(c1)[n-]c1ccccc12.c1ccc2c(c1)[n-]c1ccccc12. The molecule has 2 radical (unpaired) electrons. The zero-order chi connectivity index (χ0) is 85.4. The Morgan fingerprint density at radius 2 is 0.484 bits per heavy atom. The molecule has 0 atom stereocenters. The molecule has 624 valence electrons. The second-order valence-corrected chi connectivity index (χ2v) is 29.5. The largest absolute Gasteiger partial charge is 3.00 e. The van der Waals surface area contributed by atoms with Crippen LogP contribution in [0.15, 0.2) is 328 Å². The van der Waals surface area contributed by atoms with E-state index in [9.17, 15) is 26.3 Å². The molecule has 0 aliphatic carbocycles. The van der Waals surface area contributed by atoms with Crippen LogP contribution in [0.5, 0.6) is 0 Å². The molecule has 0 saturated heterocycles. The maximum atomic E-state index is 12.6. The second kappa shape index (κ2) is 44.7. The third-order valence-electron chi connectivity index (χ3n) is 18.8. The Labute approximate surface area is 754 Å². The molecule has 18 rings (SSSR count). The van der Waals surface area contributed by atoms with Crippen molar-refractivity contribution in [3.05, 3.63) is 409 Å². The molecule has 0 bridgehead atoms. The van der Waals surface area contributed by atoms with Crippen LogP contribution in [0.4, 0.5) is 26.3 Å². The Kier molecular flexibility index (Phi) is 34.7. The molecule has 0 aliphatic heterocycles. The Morgan fingerprint density at radius 3 is 0.697 bits per heavy atom. The number of rotatable bonds is 8. The van der Waals surface area contributed by atoms with Crippen LogP contribution in [-0.4, -0.2) is 19.9 Å². The number of aromatic nitrogens is 6. The quantitative estimate of drug-likeness (QED) is 0.0857. The van der Waals surface area contributed by atoms with E-state index in [1.165, 1.54) is 44.8 Å². The van der Waals surface area contributed by atoms with Crippen LogP contribution in [0, 0.1) is 62.4 Å². The summed E-state index contributed by atoms with van der Waals surface area (Å²) in [6.07, 6.45) is -8.72. The Hall–Kier alpha value is -11.0. The summed E-state index contributed by atoms with van der Waals surface area (Å²) < 4.78 is 75.6. The maximum Gasteiger partial charge on any atom is 3.00 e. The molecular weight excluding hydrogens is 1750 g/mol. The van der Waals surface area contributed by atoms with Gasteiger partial charge in [-0.3, -0.25) is 0 Å². The standard InChI is InChI=1S/2C21H19N.2C19H12F3N.2C12H8N.2ClH.4Ni/c2*1-21(2,3)18-14-19(16-10-6-4-7-11-16)22-20(15-18)17-12-8-5-9-13-17;2*1-13-5-7-14(8-6-13)17-3-2-4-18(23-17)15-9-11-16(12-10-15)19(20,21)22;2*1-3-7-11-9(5-1)10-6-2-4-8-12(10)13-11;;;;;;/h2*4-10,12,14-15H,1-3H3;2*2-7,9,11-12H,1H3;2*1-8H;2*1H;;;;/q4*-2;2*-1;;;2*+1;2*+3/p-2. The number of halogens is 8. The van der Waals surface area contributed by atoms with Crippen LogP contribution in [0.3, 0.4) is 0 Å². The Morgan fingerprint density at radius 1 is 0.254 bits per heavy atom. The van der Waals surface area contributed by atoms with Gasteiger partial charge < -0.3 is 29.9 Å². The van der Waals surface area contributed by atoms with Gasteiger partial charge in [0, 0.05) is 0 Å². The first-order chi connectivity index (χ1) is 57.8. The number of hydrogen-bond acceptors (Lipinski definition) is 4. The fourth-order valence-electron chi connectivity index (χ4n) is 12.5. The topological polar surface area (TPSA) is 79.8 Å². The first kappa shape index (κ1) is 94.8. The van der Waals surface area contributed by atoms with E-state index >= 15 is 0 Å². The summed E-state index contributed by atoms with van der Waals surface area (Å²) in [5.41, 5.74) is 21.0. The number of pyridine rings is 4. The third kappa shape index (κ3) is 26.0. The van der Waals surface area contributed by atoms with Crippen LogP contribution in [-0.2, 0) is 85.3 Å². The van der Waals surface area contributed by atoms with Crippen LogP contribution in [0.1, 0.15) is 74.9 Å². The number of nitrogens with zero attached hydrogens (tertiary/aromatic N) is 6. The van der Waals surface area contributed by atoms with E-state index in [2.05, 4.69) is 257 Å². The zero-order valence-corrected chi connectivity index (χ0v) is 72.6. The van der Waals surface area contributed by atoms with Crippen molar-refractivity contribution >= 4 is 64.0 Å².